The third kappa shape index (κ3) is 4.22. The zero-order valence-electron chi connectivity index (χ0n) is 16.2. The average Bonchev–Trinajstić information content (AvgIpc) is 3.26. The van der Waals surface area contributed by atoms with Crippen molar-refractivity contribution in [1.82, 2.24) is 4.90 Å². The second-order valence-electron chi connectivity index (χ2n) is 8.65. The number of nitrogens with zero attached hydrogens (tertiary/aromatic N) is 1. The lowest BCUT2D eigenvalue weighted by Crippen LogP contribution is -2.41. The Balaban J connectivity index is 1.71. The van der Waals surface area contributed by atoms with Crippen molar-refractivity contribution in [2.75, 3.05) is 6.61 Å². The Labute approximate surface area is 154 Å². The van der Waals surface area contributed by atoms with Crippen LogP contribution in [0.5, 0.6) is 0 Å². The summed E-state index contributed by atoms with van der Waals surface area (Å²) in [6.07, 6.45) is 0. The van der Waals surface area contributed by atoms with Crippen molar-refractivity contribution in [3.63, 3.8) is 0 Å². The highest BCUT2D eigenvalue weighted by Crippen LogP contribution is 2.46. The molecule has 0 aromatic heterocycles. The molecular weight excluding hydrogens is 322 g/mol. The molecular formula is C22H31NOSi. The third-order valence-corrected chi connectivity index (χ3v) is 10.3. The SMILES string of the molecule is CC(C)(C)[Si](C)(C)OC[C@@H]1[C@@H](c2ccccc2)N1Cc1ccccc1. The quantitative estimate of drug-likeness (QED) is 0.492. The first-order chi connectivity index (χ1) is 11.8. The first kappa shape index (κ1) is 18.4. The molecule has 1 saturated heterocycles. The topological polar surface area (TPSA) is 12.2 Å². The first-order valence-electron chi connectivity index (χ1n) is 9.28. The molecule has 1 aliphatic heterocycles. The van der Waals surface area contributed by atoms with Crippen molar-refractivity contribution < 1.29 is 4.43 Å². The molecule has 2 aromatic carbocycles. The Kier molecular flexibility index (Phi) is 5.19. The van der Waals surface area contributed by atoms with Crippen LogP contribution in [0.4, 0.5) is 0 Å². The fraction of sp³-hybridized carbons (Fsp3) is 0.455. The average molecular weight is 354 g/mol. The van der Waals surface area contributed by atoms with Gasteiger partial charge in [-0.1, -0.05) is 81.4 Å². The number of rotatable bonds is 6. The summed E-state index contributed by atoms with van der Waals surface area (Å²) in [7, 11) is -1.71. The minimum atomic E-state index is -1.71. The van der Waals surface area contributed by atoms with Gasteiger partial charge in [-0.25, -0.2) is 0 Å². The Morgan fingerprint density at radius 1 is 0.920 bits per heavy atom. The lowest BCUT2D eigenvalue weighted by atomic mass is 10.1. The Morgan fingerprint density at radius 3 is 2.04 bits per heavy atom. The summed E-state index contributed by atoms with van der Waals surface area (Å²) in [4.78, 5) is 2.57. The molecule has 1 fully saturated rings. The maximum absolute atomic E-state index is 6.53. The summed E-state index contributed by atoms with van der Waals surface area (Å²) in [6.45, 7) is 13.4. The van der Waals surface area contributed by atoms with E-state index >= 15 is 0 Å². The van der Waals surface area contributed by atoms with Gasteiger partial charge >= 0.3 is 0 Å². The molecule has 0 amide bonds. The van der Waals surface area contributed by atoms with Crippen LogP contribution in [-0.4, -0.2) is 25.9 Å². The van der Waals surface area contributed by atoms with Crippen LogP contribution in [0.1, 0.15) is 37.9 Å². The highest BCUT2D eigenvalue weighted by atomic mass is 28.4. The highest BCUT2D eigenvalue weighted by molar-refractivity contribution is 6.74. The molecule has 0 N–H and O–H groups in total. The van der Waals surface area contributed by atoms with Crippen LogP contribution in [-0.2, 0) is 11.0 Å². The third-order valence-electron chi connectivity index (χ3n) is 5.83. The minimum absolute atomic E-state index is 0.258. The first-order valence-corrected chi connectivity index (χ1v) is 12.2. The molecule has 3 rings (SSSR count). The second kappa shape index (κ2) is 7.06. The van der Waals surface area contributed by atoms with Gasteiger partial charge in [-0.2, -0.15) is 0 Å². The highest BCUT2D eigenvalue weighted by Gasteiger charge is 2.49. The summed E-state index contributed by atoms with van der Waals surface area (Å²) in [5.41, 5.74) is 2.78. The van der Waals surface area contributed by atoms with Gasteiger partial charge in [0.1, 0.15) is 0 Å². The van der Waals surface area contributed by atoms with Gasteiger partial charge in [0, 0.05) is 6.54 Å². The van der Waals surface area contributed by atoms with Crippen LogP contribution in [0.2, 0.25) is 18.1 Å². The summed E-state index contributed by atoms with van der Waals surface area (Å²) in [6, 6.07) is 22.6. The van der Waals surface area contributed by atoms with Gasteiger partial charge in [-0.15, -0.1) is 0 Å². The van der Waals surface area contributed by atoms with E-state index < -0.39 is 8.32 Å². The Morgan fingerprint density at radius 2 is 1.48 bits per heavy atom. The second-order valence-corrected chi connectivity index (χ2v) is 13.5. The van der Waals surface area contributed by atoms with Gasteiger partial charge in [0.25, 0.3) is 0 Å². The van der Waals surface area contributed by atoms with E-state index in [0.29, 0.717) is 12.1 Å². The maximum Gasteiger partial charge on any atom is 0.192 e. The summed E-state index contributed by atoms with van der Waals surface area (Å²) < 4.78 is 6.53. The van der Waals surface area contributed by atoms with E-state index in [2.05, 4.69) is 99.4 Å². The molecule has 0 saturated carbocycles. The van der Waals surface area contributed by atoms with Gasteiger partial charge in [0.05, 0.1) is 18.7 Å². The van der Waals surface area contributed by atoms with Crippen molar-refractivity contribution >= 4 is 8.32 Å². The monoisotopic (exact) mass is 353 g/mol. The largest absolute Gasteiger partial charge is 0.415 e. The molecule has 25 heavy (non-hydrogen) atoms. The molecule has 1 aliphatic rings. The minimum Gasteiger partial charge on any atom is -0.415 e. The summed E-state index contributed by atoms with van der Waals surface area (Å²) in [5, 5.41) is 0.258. The van der Waals surface area contributed by atoms with Gasteiger partial charge in [-0.3, -0.25) is 4.90 Å². The van der Waals surface area contributed by atoms with E-state index in [1.54, 1.807) is 0 Å². The summed E-state index contributed by atoms with van der Waals surface area (Å²) in [5.74, 6) is 0. The maximum atomic E-state index is 6.53. The molecule has 3 heteroatoms. The van der Waals surface area contributed by atoms with Crippen LogP contribution in [0, 0.1) is 0 Å². The van der Waals surface area contributed by atoms with Crippen molar-refractivity contribution in [2.45, 2.75) is 57.5 Å². The lowest BCUT2D eigenvalue weighted by molar-refractivity contribution is 0.268. The number of hydrogen-bond acceptors (Lipinski definition) is 2. The standard InChI is InChI=1S/C22H31NOSi/c1-22(2,3)25(4,5)24-17-20-21(19-14-10-7-11-15-19)23(20)16-18-12-8-6-9-13-18/h6-15,20-21H,16-17H2,1-5H3/t20-,21-,23?/m1/s1. The van der Waals surface area contributed by atoms with Crippen LogP contribution in [0.15, 0.2) is 60.7 Å². The molecule has 2 nitrogen and oxygen atoms in total. The van der Waals surface area contributed by atoms with Crippen molar-refractivity contribution in [1.29, 1.82) is 0 Å². The van der Waals surface area contributed by atoms with Gasteiger partial charge in [-0.05, 0) is 29.3 Å². The van der Waals surface area contributed by atoms with E-state index in [0.717, 1.165) is 13.2 Å². The summed E-state index contributed by atoms with van der Waals surface area (Å²) >= 11 is 0. The molecule has 1 heterocycles. The Bertz CT molecular complexity index is 678. The predicted octanol–water partition coefficient (Wildman–Crippen LogP) is 5.63. The molecule has 1 unspecified atom stereocenters. The molecule has 0 radical (unpaired) electrons. The molecule has 2 aromatic rings. The number of benzene rings is 2. The Hall–Kier alpha value is -1.42. The fourth-order valence-electron chi connectivity index (χ4n) is 3.10. The van der Waals surface area contributed by atoms with Crippen molar-refractivity contribution in [3.05, 3.63) is 71.8 Å². The van der Waals surface area contributed by atoms with Gasteiger partial charge in [0.2, 0.25) is 0 Å². The van der Waals surface area contributed by atoms with E-state index in [1.807, 2.05) is 0 Å². The predicted molar refractivity (Wildman–Crippen MR) is 108 cm³/mol. The van der Waals surface area contributed by atoms with E-state index in [9.17, 15) is 0 Å². The van der Waals surface area contributed by atoms with Gasteiger partial charge in [0.15, 0.2) is 8.32 Å². The van der Waals surface area contributed by atoms with E-state index in [1.165, 1.54) is 11.1 Å². The lowest BCUT2D eigenvalue weighted by Gasteiger charge is -2.36. The zero-order chi connectivity index (χ0) is 18.1. The van der Waals surface area contributed by atoms with Crippen LogP contribution in [0.3, 0.4) is 0 Å². The number of hydrogen-bond donors (Lipinski definition) is 0. The van der Waals surface area contributed by atoms with Crippen LogP contribution in [0.25, 0.3) is 0 Å². The smallest absolute Gasteiger partial charge is 0.192 e. The van der Waals surface area contributed by atoms with Crippen LogP contribution < -0.4 is 0 Å². The molecule has 134 valence electrons. The molecule has 0 spiro atoms. The van der Waals surface area contributed by atoms with E-state index in [-0.39, 0.29) is 5.04 Å². The van der Waals surface area contributed by atoms with Gasteiger partial charge < -0.3 is 4.43 Å². The molecule has 0 aliphatic carbocycles. The van der Waals surface area contributed by atoms with Crippen LogP contribution >= 0.6 is 0 Å². The fourth-order valence-corrected chi connectivity index (χ4v) is 4.12. The normalized spacial score (nSPS) is 23.5. The zero-order valence-corrected chi connectivity index (χ0v) is 17.2. The molecule has 0 bridgehead atoms. The molecule has 3 atom stereocenters. The van der Waals surface area contributed by atoms with Crippen molar-refractivity contribution in [2.24, 2.45) is 0 Å². The van der Waals surface area contributed by atoms with Crippen molar-refractivity contribution in [3.8, 4) is 0 Å². The van der Waals surface area contributed by atoms with E-state index in [4.69, 9.17) is 4.43 Å².